The van der Waals surface area contributed by atoms with E-state index in [1.54, 1.807) is 6.07 Å². The lowest BCUT2D eigenvalue weighted by Gasteiger charge is -2.05. The van der Waals surface area contributed by atoms with Gasteiger partial charge in [-0.1, -0.05) is 58.4 Å². The van der Waals surface area contributed by atoms with Gasteiger partial charge in [0.25, 0.3) is 0 Å². The first-order valence-corrected chi connectivity index (χ1v) is 7.11. The predicted molar refractivity (Wildman–Crippen MR) is 77.2 cm³/mol. The molecule has 6 heteroatoms. The minimum Gasteiger partial charge on any atom is -0.205 e. The summed E-state index contributed by atoms with van der Waals surface area (Å²) < 4.78 is 14.0. The standard InChI is InChI=1S/C14H10BrFN4/c15-9-11-7-4-8-12(16)13(11)20-18-14(17-19-20)10-5-2-1-3-6-10/h1-8H,9H2. The van der Waals surface area contributed by atoms with Crippen LogP contribution in [0.2, 0.25) is 0 Å². The molecule has 0 N–H and O–H groups in total. The number of hydrogen-bond acceptors (Lipinski definition) is 3. The molecule has 2 aromatic carbocycles. The van der Waals surface area contributed by atoms with Crippen LogP contribution in [0, 0.1) is 5.82 Å². The smallest absolute Gasteiger partial charge is 0.205 e. The minimum atomic E-state index is -0.376. The van der Waals surface area contributed by atoms with E-state index in [2.05, 4.69) is 31.3 Å². The van der Waals surface area contributed by atoms with Crippen LogP contribution in [0.15, 0.2) is 48.5 Å². The number of tetrazole rings is 1. The van der Waals surface area contributed by atoms with Gasteiger partial charge in [0.2, 0.25) is 5.82 Å². The molecule has 0 atom stereocenters. The lowest BCUT2D eigenvalue weighted by atomic mass is 10.2. The molecular weight excluding hydrogens is 323 g/mol. The fourth-order valence-corrected chi connectivity index (χ4v) is 2.36. The van der Waals surface area contributed by atoms with Crippen molar-refractivity contribution in [1.82, 2.24) is 20.2 Å². The number of hydrogen-bond donors (Lipinski definition) is 0. The van der Waals surface area contributed by atoms with Gasteiger partial charge < -0.3 is 0 Å². The zero-order valence-corrected chi connectivity index (χ0v) is 12.0. The van der Waals surface area contributed by atoms with Gasteiger partial charge in [-0.05, 0) is 16.8 Å². The first kappa shape index (κ1) is 12.9. The van der Waals surface area contributed by atoms with E-state index in [0.717, 1.165) is 11.1 Å². The van der Waals surface area contributed by atoms with Crippen molar-refractivity contribution in [1.29, 1.82) is 0 Å². The summed E-state index contributed by atoms with van der Waals surface area (Å²) >= 11 is 3.34. The number of para-hydroxylation sites is 1. The van der Waals surface area contributed by atoms with Gasteiger partial charge in [0, 0.05) is 10.9 Å². The van der Waals surface area contributed by atoms with E-state index in [9.17, 15) is 4.39 Å². The second kappa shape index (κ2) is 5.50. The Kier molecular flexibility index (Phi) is 3.56. The average Bonchev–Trinajstić information content (AvgIpc) is 2.97. The third kappa shape index (κ3) is 2.34. The van der Waals surface area contributed by atoms with E-state index in [0.29, 0.717) is 16.8 Å². The van der Waals surface area contributed by atoms with Crippen LogP contribution in [0.1, 0.15) is 5.56 Å². The predicted octanol–water partition coefficient (Wildman–Crippen LogP) is 3.36. The SMILES string of the molecule is Fc1cccc(CBr)c1-n1nnc(-c2ccccc2)n1. The van der Waals surface area contributed by atoms with Crippen LogP contribution in [0.4, 0.5) is 4.39 Å². The Morgan fingerprint density at radius 2 is 1.85 bits per heavy atom. The molecule has 0 radical (unpaired) electrons. The summed E-state index contributed by atoms with van der Waals surface area (Å²) in [6.07, 6.45) is 0. The number of rotatable bonds is 3. The molecule has 100 valence electrons. The van der Waals surface area contributed by atoms with E-state index >= 15 is 0 Å². The van der Waals surface area contributed by atoms with E-state index in [-0.39, 0.29) is 5.82 Å². The Bertz CT molecular complexity index is 727. The Morgan fingerprint density at radius 1 is 1.05 bits per heavy atom. The lowest BCUT2D eigenvalue weighted by Crippen LogP contribution is -2.05. The number of alkyl halides is 1. The van der Waals surface area contributed by atoms with Gasteiger partial charge in [-0.3, -0.25) is 0 Å². The molecule has 3 rings (SSSR count). The van der Waals surface area contributed by atoms with Crippen LogP contribution >= 0.6 is 15.9 Å². The maximum atomic E-state index is 14.0. The topological polar surface area (TPSA) is 43.6 Å². The van der Waals surface area contributed by atoms with Crippen molar-refractivity contribution in [2.45, 2.75) is 5.33 Å². The van der Waals surface area contributed by atoms with Gasteiger partial charge in [-0.25, -0.2) is 4.39 Å². The van der Waals surface area contributed by atoms with Gasteiger partial charge in [-0.2, -0.15) is 0 Å². The molecule has 0 fully saturated rings. The first-order valence-electron chi connectivity index (χ1n) is 5.99. The molecule has 1 heterocycles. The summed E-state index contributed by atoms with van der Waals surface area (Å²) in [7, 11) is 0. The Morgan fingerprint density at radius 3 is 2.60 bits per heavy atom. The van der Waals surface area contributed by atoms with Crippen LogP contribution in [-0.2, 0) is 5.33 Å². The Balaban J connectivity index is 2.07. The molecule has 0 aliphatic carbocycles. The van der Waals surface area contributed by atoms with Gasteiger partial charge in [0.15, 0.2) is 5.82 Å². The molecule has 0 saturated carbocycles. The normalized spacial score (nSPS) is 10.7. The van der Waals surface area contributed by atoms with Gasteiger partial charge in [0.1, 0.15) is 5.69 Å². The molecule has 0 amide bonds. The maximum Gasteiger partial charge on any atom is 0.205 e. The van der Waals surface area contributed by atoms with Crippen LogP contribution < -0.4 is 0 Å². The second-order valence-electron chi connectivity index (χ2n) is 4.15. The average molecular weight is 333 g/mol. The second-order valence-corrected chi connectivity index (χ2v) is 4.71. The van der Waals surface area contributed by atoms with Gasteiger partial charge >= 0.3 is 0 Å². The molecule has 0 bridgehead atoms. The quantitative estimate of drug-likeness (QED) is 0.691. The first-order chi connectivity index (χ1) is 9.79. The summed E-state index contributed by atoms with van der Waals surface area (Å²) in [5.41, 5.74) is 1.93. The fraction of sp³-hybridized carbons (Fsp3) is 0.0714. The van der Waals surface area contributed by atoms with Crippen LogP contribution in [0.3, 0.4) is 0 Å². The molecule has 3 aromatic rings. The van der Waals surface area contributed by atoms with Crippen LogP contribution in [0.5, 0.6) is 0 Å². The zero-order chi connectivity index (χ0) is 13.9. The van der Waals surface area contributed by atoms with Crippen molar-refractivity contribution in [3.63, 3.8) is 0 Å². The molecule has 0 spiro atoms. The van der Waals surface area contributed by atoms with E-state index in [4.69, 9.17) is 0 Å². The number of benzene rings is 2. The summed E-state index contributed by atoms with van der Waals surface area (Å²) in [6.45, 7) is 0. The van der Waals surface area contributed by atoms with Crippen molar-refractivity contribution in [2.24, 2.45) is 0 Å². The molecule has 1 aromatic heterocycles. The molecule has 0 unspecified atom stereocenters. The molecule has 20 heavy (non-hydrogen) atoms. The van der Waals surface area contributed by atoms with E-state index < -0.39 is 0 Å². The lowest BCUT2D eigenvalue weighted by molar-refractivity contribution is 0.589. The van der Waals surface area contributed by atoms with Crippen molar-refractivity contribution in [2.75, 3.05) is 0 Å². The van der Waals surface area contributed by atoms with Crippen molar-refractivity contribution in [3.8, 4) is 17.1 Å². The van der Waals surface area contributed by atoms with E-state index in [1.165, 1.54) is 10.9 Å². The highest BCUT2D eigenvalue weighted by molar-refractivity contribution is 9.08. The fourth-order valence-electron chi connectivity index (χ4n) is 1.90. The third-order valence-corrected chi connectivity index (χ3v) is 3.46. The zero-order valence-electron chi connectivity index (χ0n) is 10.4. The van der Waals surface area contributed by atoms with Gasteiger partial charge in [-0.15, -0.1) is 15.0 Å². The highest BCUT2D eigenvalue weighted by Crippen LogP contribution is 2.21. The van der Waals surface area contributed by atoms with Crippen molar-refractivity contribution < 1.29 is 4.39 Å². The summed E-state index contributed by atoms with van der Waals surface area (Å²) in [5.74, 6) is 0.0911. The van der Waals surface area contributed by atoms with Crippen molar-refractivity contribution in [3.05, 3.63) is 59.9 Å². The minimum absolute atomic E-state index is 0.319. The number of halogens is 2. The highest BCUT2D eigenvalue weighted by atomic mass is 79.9. The number of nitrogens with zero attached hydrogens (tertiary/aromatic N) is 4. The van der Waals surface area contributed by atoms with E-state index in [1.807, 2.05) is 36.4 Å². The largest absolute Gasteiger partial charge is 0.205 e. The summed E-state index contributed by atoms with van der Waals surface area (Å²) in [5, 5.41) is 12.7. The molecule has 0 saturated heterocycles. The monoisotopic (exact) mass is 332 g/mol. The maximum absolute atomic E-state index is 14.0. The molecule has 0 aliphatic heterocycles. The van der Waals surface area contributed by atoms with Crippen LogP contribution in [-0.4, -0.2) is 20.2 Å². The summed E-state index contributed by atoms with van der Waals surface area (Å²) in [6, 6.07) is 14.3. The van der Waals surface area contributed by atoms with Crippen molar-refractivity contribution >= 4 is 15.9 Å². The molecule has 0 aliphatic rings. The Hall–Kier alpha value is -2.08. The molecule has 4 nitrogen and oxygen atoms in total. The highest BCUT2D eigenvalue weighted by Gasteiger charge is 2.14. The Labute approximate surface area is 123 Å². The third-order valence-electron chi connectivity index (χ3n) is 2.86. The van der Waals surface area contributed by atoms with Gasteiger partial charge in [0.05, 0.1) is 0 Å². The number of aromatic nitrogens is 4. The summed E-state index contributed by atoms with van der Waals surface area (Å²) in [4.78, 5) is 1.23. The van der Waals surface area contributed by atoms with Crippen LogP contribution in [0.25, 0.3) is 17.1 Å². The molecular formula is C14H10BrFN4.